The van der Waals surface area contributed by atoms with Gasteiger partial charge in [-0.2, -0.15) is 0 Å². The van der Waals surface area contributed by atoms with E-state index in [9.17, 15) is 4.79 Å². The van der Waals surface area contributed by atoms with Gasteiger partial charge in [0.15, 0.2) is 0 Å². The topological polar surface area (TPSA) is 42.0 Å². The molecule has 1 amide bonds. The number of para-hydroxylation sites is 2. The molecule has 5 nitrogen and oxygen atoms in total. The van der Waals surface area contributed by atoms with E-state index in [0.717, 1.165) is 50.5 Å². The number of amides is 1. The third kappa shape index (κ3) is 5.73. The Morgan fingerprint density at radius 1 is 0.929 bits per heavy atom. The third-order valence-electron chi connectivity index (χ3n) is 5.12. The molecule has 0 unspecified atom stereocenters. The van der Waals surface area contributed by atoms with Crippen LogP contribution in [0.1, 0.15) is 18.4 Å². The number of hydrogen-bond donors (Lipinski definition) is 0. The Balaban J connectivity index is 1.32. The first kappa shape index (κ1) is 20.2. The maximum atomic E-state index is 12.4. The second-order valence-electron chi connectivity index (χ2n) is 6.99. The van der Waals surface area contributed by atoms with Gasteiger partial charge in [0.2, 0.25) is 5.91 Å². The number of hydrogen-bond acceptors (Lipinski definition) is 4. The minimum atomic E-state index is 0.228. The molecule has 0 bridgehead atoms. The molecule has 0 spiro atoms. The maximum Gasteiger partial charge on any atom is 0.222 e. The predicted octanol–water partition coefficient (Wildman–Crippen LogP) is 3.38. The summed E-state index contributed by atoms with van der Waals surface area (Å²) in [5, 5.41) is 0. The molecular weight excluding hydrogens is 352 g/mol. The van der Waals surface area contributed by atoms with Gasteiger partial charge in [0, 0.05) is 39.2 Å². The van der Waals surface area contributed by atoms with Crippen molar-refractivity contribution in [2.75, 3.05) is 51.4 Å². The van der Waals surface area contributed by atoms with Crippen LogP contribution in [0.4, 0.5) is 5.69 Å². The molecule has 150 valence electrons. The van der Waals surface area contributed by atoms with Gasteiger partial charge in [-0.25, -0.2) is 0 Å². The molecule has 0 aromatic heterocycles. The van der Waals surface area contributed by atoms with Crippen molar-refractivity contribution in [3.8, 4) is 5.75 Å². The first-order valence-corrected chi connectivity index (χ1v) is 10.1. The van der Waals surface area contributed by atoms with E-state index in [0.29, 0.717) is 19.6 Å². The monoisotopic (exact) mass is 382 g/mol. The number of anilines is 1. The number of nitrogens with zero attached hydrogens (tertiary/aromatic N) is 2. The van der Waals surface area contributed by atoms with Crippen LogP contribution < -0.4 is 9.64 Å². The smallest absolute Gasteiger partial charge is 0.222 e. The summed E-state index contributed by atoms with van der Waals surface area (Å²) in [6, 6.07) is 18.4. The molecule has 1 aliphatic rings. The Kier molecular flexibility index (Phi) is 7.73. The van der Waals surface area contributed by atoms with Crippen molar-refractivity contribution in [2.24, 2.45) is 0 Å². The van der Waals surface area contributed by atoms with Gasteiger partial charge in [0.25, 0.3) is 0 Å². The number of carbonyl (C=O) groups is 1. The summed E-state index contributed by atoms with van der Waals surface area (Å²) in [7, 11) is 1.69. The first-order chi connectivity index (χ1) is 13.8. The van der Waals surface area contributed by atoms with E-state index in [4.69, 9.17) is 9.47 Å². The van der Waals surface area contributed by atoms with Crippen LogP contribution in [-0.2, 0) is 16.0 Å². The van der Waals surface area contributed by atoms with Crippen LogP contribution in [-0.4, -0.2) is 57.3 Å². The standard InChI is InChI=1S/C23H30N2O3/c1-27-22-11-6-5-10-21(22)24-14-16-25(17-15-24)23(26)12-7-18-28-19-13-20-8-3-2-4-9-20/h2-6,8-11H,7,12-19H2,1H3. The van der Waals surface area contributed by atoms with E-state index in [1.54, 1.807) is 7.11 Å². The average molecular weight is 383 g/mol. The van der Waals surface area contributed by atoms with Gasteiger partial charge in [-0.3, -0.25) is 4.79 Å². The van der Waals surface area contributed by atoms with Crippen LogP contribution in [0.15, 0.2) is 54.6 Å². The van der Waals surface area contributed by atoms with Crippen molar-refractivity contribution in [2.45, 2.75) is 19.3 Å². The van der Waals surface area contributed by atoms with E-state index in [2.05, 4.69) is 23.1 Å². The summed E-state index contributed by atoms with van der Waals surface area (Å²) in [5.74, 6) is 1.11. The molecule has 5 heteroatoms. The molecule has 2 aromatic carbocycles. The molecule has 1 fully saturated rings. The summed E-state index contributed by atoms with van der Waals surface area (Å²) >= 11 is 0. The number of benzene rings is 2. The van der Waals surface area contributed by atoms with Gasteiger partial charge >= 0.3 is 0 Å². The van der Waals surface area contributed by atoms with Crippen molar-refractivity contribution in [3.05, 3.63) is 60.2 Å². The lowest BCUT2D eigenvalue weighted by Gasteiger charge is -2.36. The molecule has 0 radical (unpaired) electrons. The quantitative estimate of drug-likeness (QED) is 0.624. The fraction of sp³-hybridized carbons (Fsp3) is 0.435. The number of rotatable bonds is 9. The zero-order valence-electron chi connectivity index (χ0n) is 16.7. The minimum Gasteiger partial charge on any atom is -0.495 e. The van der Waals surface area contributed by atoms with Crippen LogP contribution in [0.3, 0.4) is 0 Å². The summed E-state index contributed by atoms with van der Waals surface area (Å²) in [4.78, 5) is 16.7. The Bertz CT molecular complexity index is 728. The number of methoxy groups -OCH3 is 1. The molecular formula is C23H30N2O3. The van der Waals surface area contributed by atoms with E-state index in [-0.39, 0.29) is 5.91 Å². The Hall–Kier alpha value is -2.53. The maximum absolute atomic E-state index is 12.4. The lowest BCUT2D eigenvalue weighted by molar-refractivity contribution is -0.131. The van der Waals surface area contributed by atoms with Gasteiger partial charge in [-0.05, 0) is 30.5 Å². The van der Waals surface area contributed by atoms with Crippen molar-refractivity contribution in [1.29, 1.82) is 0 Å². The molecule has 0 atom stereocenters. The minimum absolute atomic E-state index is 0.228. The van der Waals surface area contributed by atoms with Crippen LogP contribution in [0, 0.1) is 0 Å². The van der Waals surface area contributed by atoms with Gasteiger partial charge in [-0.15, -0.1) is 0 Å². The van der Waals surface area contributed by atoms with Gasteiger partial charge in [-0.1, -0.05) is 42.5 Å². The SMILES string of the molecule is COc1ccccc1N1CCN(C(=O)CCCOCCc2ccccc2)CC1. The molecule has 1 aliphatic heterocycles. The van der Waals surface area contributed by atoms with Crippen molar-refractivity contribution in [1.82, 2.24) is 4.90 Å². The highest BCUT2D eigenvalue weighted by Gasteiger charge is 2.22. The fourth-order valence-corrected chi connectivity index (χ4v) is 3.51. The van der Waals surface area contributed by atoms with E-state index >= 15 is 0 Å². The highest BCUT2D eigenvalue weighted by atomic mass is 16.5. The van der Waals surface area contributed by atoms with Crippen molar-refractivity contribution >= 4 is 11.6 Å². The molecule has 0 aliphatic carbocycles. The van der Waals surface area contributed by atoms with Crippen LogP contribution >= 0.6 is 0 Å². The Morgan fingerprint density at radius 3 is 2.39 bits per heavy atom. The molecule has 1 heterocycles. The predicted molar refractivity (Wildman–Crippen MR) is 112 cm³/mol. The number of carbonyl (C=O) groups excluding carboxylic acids is 1. The van der Waals surface area contributed by atoms with Crippen LogP contribution in [0.25, 0.3) is 0 Å². The summed E-state index contributed by atoms with van der Waals surface area (Å²) < 4.78 is 11.1. The average Bonchev–Trinajstić information content (AvgIpc) is 2.76. The molecule has 2 aromatic rings. The van der Waals surface area contributed by atoms with E-state index in [1.807, 2.05) is 41.3 Å². The fourth-order valence-electron chi connectivity index (χ4n) is 3.51. The van der Waals surface area contributed by atoms with Crippen molar-refractivity contribution < 1.29 is 14.3 Å². The second kappa shape index (κ2) is 10.7. The molecule has 28 heavy (non-hydrogen) atoms. The zero-order chi connectivity index (χ0) is 19.6. The first-order valence-electron chi connectivity index (χ1n) is 10.1. The number of piperazine rings is 1. The largest absolute Gasteiger partial charge is 0.495 e. The van der Waals surface area contributed by atoms with Crippen molar-refractivity contribution in [3.63, 3.8) is 0 Å². The van der Waals surface area contributed by atoms with E-state index < -0.39 is 0 Å². The lowest BCUT2D eigenvalue weighted by atomic mass is 10.2. The highest BCUT2D eigenvalue weighted by molar-refractivity contribution is 5.76. The highest BCUT2D eigenvalue weighted by Crippen LogP contribution is 2.28. The molecule has 1 saturated heterocycles. The second-order valence-corrected chi connectivity index (χ2v) is 6.99. The summed E-state index contributed by atoms with van der Waals surface area (Å²) in [5.41, 5.74) is 2.38. The lowest BCUT2D eigenvalue weighted by Crippen LogP contribution is -2.48. The van der Waals surface area contributed by atoms with Crippen LogP contribution in [0.2, 0.25) is 0 Å². The summed E-state index contributed by atoms with van der Waals surface area (Å²) in [6.45, 7) is 4.52. The zero-order valence-corrected chi connectivity index (χ0v) is 16.7. The molecule has 3 rings (SSSR count). The van der Waals surface area contributed by atoms with E-state index in [1.165, 1.54) is 5.56 Å². The van der Waals surface area contributed by atoms with Gasteiger partial charge in [0.1, 0.15) is 5.75 Å². The van der Waals surface area contributed by atoms with Crippen LogP contribution in [0.5, 0.6) is 5.75 Å². The molecule has 0 N–H and O–H groups in total. The third-order valence-corrected chi connectivity index (χ3v) is 5.12. The Morgan fingerprint density at radius 2 is 1.64 bits per heavy atom. The Labute approximate surface area is 167 Å². The molecule has 0 saturated carbocycles. The van der Waals surface area contributed by atoms with Gasteiger partial charge < -0.3 is 19.3 Å². The number of ether oxygens (including phenoxy) is 2. The normalized spacial score (nSPS) is 14.2. The summed E-state index contributed by atoms with van der Waals surface area (Å²) in [6.07, 6.45) is 2.25. The van der Waals surface area contributed by atoms with Gasteiger partial charge in [0.05, 0.1) is 19.4 Å².